The van der Waals surface area contributed by atoms with Crippen LogP contribution in [0.25, 0.3) is 0 Å². The van der Waals surface area contributed by atoms with Gasteiger partial charge < -0.3 is 10.6 Å². The van der Waals surface area contributed by atoms with Crippen LogP contribution < -0.4 is 10.6 Å². The summed E-state index contributed by atoms with van der Waals surface area (Å²) in [6.07, 6.45) is 2.47. The summed E-state index contributed by atoms with van der Waals surface area (Å²) in [7, 11) is 0. The van der Waals surface area contributed by atoms with Crippen LogP contribution in [0.5, 0.6) is 0 Å². The Balaban J connectivity index is 1.89. The number of hydrogen-bond acceptors (Lipinski definition) is 3. The fourth-order valence-corrected chi connectivity index (χ4v) is 3.38. The zero-order valence-electron chi connectivity index (χ0n) is 10.9. The van der Waals surface area contributed by atoms with Gasteiger partial charge in [-0.3, -0.25) is 0 Å². The Morgan fingerprint density at radius 2 is 2.20 bits per heavy atom. The van der Waals surface area contributed by atoms with Crippen molar-refractivity contribution in [1.82, 2.24) is 0 Å². The van der Waals surface area contributed by atoms with E-state index < -0.39 is 0 Å². The predicted molar refractivity (Wildman–Crippen MR) is 90.9 cm³/mol. The Labute approximate surface area is 133 Å². The van der Waals surface area contributed by atoms with Gasteiger partial charge in [-0.2, -0.15) is 0 Å². The molecule has 0 amide bonds. The Kier molecular flexibility index (Phi) is 3.96. The van der Waals surface area contributed by atoms with Crippen LogP contribution in [0.3, 0.4) is 0 Å². The number of hydrogen-bond donors (Lipinski definition) is 1. The van der Waals surface area contributed by atoms with Crippen molar-refractivity contribution in [3.05, 3.63) is 51.2 Å². The number of rotatable bonds is 5. The summed E-state index contributed by atoms with van der Waals surface area (Å²) in [6, 6.07) is 10.7. The van der Waals surface area contributed by atoms with E-state index in [0.29, 0.717) is 11.0 Å². The van der Waals surface area contributed by atoms with Gasteiger partial charge in [0.1, 0.15) is 4.99 Å². The van der Waals surface area contributed by atoms with Crippen LogP contribution in [0, 0.1) is 0 Å². The first kappa shape index (κ1) is 13.9. The molecule has 104 valence electrons. The summed E-state index contributed by atoms with van der Waals surface area (Å²) < 4.78 is 0. The number of halogens is 1. The first-order valence-electron chi connectivity index (χ1n) is 6.53. The molecule has 1 saturated carbocycles. The molecule has 1 aromatic carbocycles. The van der Waals surface area contributed by atoms with E-state index in [1.165, 1.54) is 17.7 Å². The van der Waals surface area contributed by atoms with Crippen molar-refractivity contribution in [2.24, 2.45) is 5.73 Å². The quantitative estimate of drug-likeness (QED) is 0.836. The molecule has 1 fully saturated rings. The molecule has 1 heterocycles. The lowest BCUT2D eigenvalue weighted by Gasteiger charge is -2.25. The van der Waals surface area contributed by atoms with E-state index in [1.807, 2.05) is 18.2 Å². The fraction of sp³-hybridized carbons (Fsp3) is 0.267. The van der Waals surface area contributed by atoms with Gasteiger partial charge in [0.25, 0.3) is 0 Å². The first-order valence-corrected chi connectivity index (χ1v) is 8.20. The third-order valence-electron chi connectivity index (χ3n) is 3.44. The highest BCUT2D eigenvalue weighted by Gasteiger charge is 2.30. The van der Waals surface area contributed by atoms with Crippen molar-refractivity contribution in [3.63, 3.8) is 0 Å². The van der Waals surface area contributed by atoms with Crippen molar-refractivity contribution in [2.45, 2.75) is 25.4 Å². The summed E-state index contributed by atoms with van der Waals surface area (Å²) in [5.41, 5.74) is 7.54. The molecule has 2 N–H and O–H groups in total. The largest absolute Gasteiger partial charge is 0.389 e. The maximum absolute atomic E-state index is 6.43. The van der Waals surface area contributed by atoms with Crippen molar-refractivity contribution >= 4 is 45.8 Å². The third-order valence-corrected chi connectivity index (χ3v) is 4.84. The molecule has 20 heavy (non-hydrogen) atoms. The van der Waals surface area contributed by atoms with E-state index in [9.17, 15) is 0 Å². The molecule has 0 spiro atoms. The highest BCUT2D eigenvalue weighted by atomic mass is 35.5. The van der Waals surface area contributed by atoms with Gasteiger partial charge in [-0.15, -0.1) is 11.3 Å². The van der Waals surface area contributed by atoms with Crippen molar-refractivity contribution in [2.75, 3.05) is 4.90 Å². The molecule has 0 radical (unpaired) electrons. The Morgan fingerprint density at radius 3 is 2.75 bits per heavy atom. The van der Waals surface area contributed by atoms with Gasteiger partial charge in [-0.25, -0.2) is 0 Å². The van der Waals surface area contributed by atoms with Crippen LogP contribution in [-0.2, 0) is 6.54 Å². The smallest absolute Gasteiger partial charge is 0.104 e. The van der Waals surface area contributed by atoms with E-state index in [0.717, 1.165) is 22.8 Å². The molecule has 1 aromatic heterocycles. The molecule has 0 bridgehead atoms. The Hall–Kier alpha value is -1.10. The average Bonchev–Trinajstić information content (AvgIpc) is 3.14. The minimum absolute atomic E-state index is 0.384. The second-order valence-electron chi connectivity index (χ2n) is 4.97. The van der Waals surface area contributed by atoms with Gasteiger partial charge in [0.2, 0.25) is 0 Å². The molecule has 0 aliphatic heterocycles. The highest BCUT2D eigenvalue weighted by molar-refractivity contribution is 7.80. The number of thiocarbonyl (C=S) groups is 1. The second-order valence-corrected chi connectivity index (χ2v) is 6.85. The van der Waals surface area contributed by atoms with Gasteiger partial charge in [-0.05, 0) is 42.5 Å². The summed E-state index contributed by atoms with van der Waals surface area (Å²) in [5, 5.41) is 2.83. The van der Waals surface area contributed by atoms with E-state index in [-0.39, 0.29) is 0 Å². The molecular weight excluding hydrogens is 308 g/mol. The zero-order chi connectivity index (χ0) is 14.1. The number of nitrogens with two attached hydrogens (primary N) is 1. The van der Waals surface area contributed by atoms with Gasteiger partial charge in [0.15, 0.2) is 0 Å². The third kappa shape index (κ3) is 2.97. The molecule has 1 aliphatic carbocycles. The number of benzene rings is 1. The second kappa shape index (κ2) is 5.72. The summed E-state index contributed by atoms with van der Waals surface area (Å²) in [5.74, 6) is 0. The van der Waals surface area contributed by atoms with Crippen LogP contribution in [0.4, 0.5) is 5.69 Å². The lowest BCUT2D eigenvalue weighted by Crippen LogP contribution is -2.25. The topological polar surface area (TPSA) is 29.3 Å². The molecule has 1 aliphatic rings. The minimum Gasteiger partial charge on any atom is -0.389 e. The summed E-state index contributed by atoms with van der Waals surface area (Å²) >= 11 is 13.2. The number of thiophene rings is 1. The predicted octanol–water partition coefficient (Wildman–Crippen LogP) is 4.20. The lowest BCUT2D eigenvalue weighted by molar-refractivity contribution is 0.804. The lowest BCUT2D eigenvalue weighted by atomic mass is 10.2. The number of anilines is 1. The minimum atomic E-state index is 0.384. The molecule has 0 atom stereocenters. The monoisotopic (exact) mass is 322 g/mol. The fourth-order valence-electron chi connectivity index (χ4n) is 2.26. The molecule has 2 aromatic rings. The molecule has 3 rings (SSSR count). The summed E-state index contributed by atoms with van der Waals surface area (Å²) in [4.78, 5) is 4.12. The Morgan fingerprint density at radius 1 is 1.40 bits per heavy atom. The Bertz CT molecular complexity index is 621. The van der Waals surface area contributed by atoms with Crippen molar-refractivity contribution in [3.8, 4) is 0 Å². The maximum Gasteiger partial charge on any atom is 0.104 e. The zero-order valence-corrected chi connectivity index (χ0v) is 13.3. The van der Waals surface area contributed by atoms with Gasteiger partial charge in [-0.1, -0.05) is 29.9 Å². The normalized spacial score (nSPS) is 14.2. The van der Waals surface area contributed by atoms with E-state index >= 15 is 0 Å². The van der Waals surface area contributed by atoms with E-state index in [4.69, 9.17) is 29.6 Å². The van der Waals surface area contributed by atoms with Gasteiger partial charge >= 0.3 is 0 Å². The van der Waals surface area contributed by atoms with Crippen molar-refractivity contribution in [1.29, 1.82) is 0 Å². The molecule has 2 nitrogen and oxygen atoms in total. The standard InChI is InChI=1S/C15H15ClN2S2/c16-13-8-10(15(17)19)3-6-14(13)18(11-4-5-11)9-12-2-1-7-20-12/h1-3,6-8,11H,4-5,9H2,(H2,17,19). The van der Waals surface area contributed by atoms with Crippen LogP contribution >= 0.6 is 35.2 Å². The van der Waals surface area contributed by atoms with Gasteiger partial charge in [0, 0.05) is 16.5 Å². The van der Waals surface area contributed by atoms with Crippen LogP contribution in [0.2, 0.25) is 5.02 Å². The highest BCUT2D eigenvalue weighted by Crippen LogP contribution is 2.37. The van der Waals surface area contributed by atoms with Crippen molar-refractivity contribution < 1.29 is 0 Å². The molecule has 0 saturated heterocycles. The molecular formula is C15H15ClN2S2. The SMILES string of the molecule is NC(=S)c1ccc(N(Cc2cccs2)C2CC2)c(Cl)c1. The summed E-state index contributed by atoms with van der Waals surface area (Å²) in [6.45, 7) is 0.911. The van der Waals surface area contributed by atoms with Crippen LogP contribution in [-0.4, -0.2) is 11.0 Å². The average molecular weight is 323 g/mol. The van der Waals surface area contributed by atoms with Gasteiger partial charge in [0.05, 0.1) is 17.3 Å². The van der Waals surface area contributed by atoms with E-state index in [2.05, 4.69) is 22.4 Å². The van der Waals surface area contributed by atoms with Crippen LogP contribution in [0.1, 0.15) is 23.3 Å². The van der Waals surface area contributed by atoms with Crippen LogP contribution in [0.15, 0.2) is 35.7 Å². The molecule has 5 heteroatoms. The van der Waals surface area contributed by atoms with E-state index in [1.54, 1.807) is 11.3 Å². The maximum atomic E-state index is 6.43. The number of nitrogens with zero attached hydrogens (tertiary/aromatic N) is 1. The molecule has 0 unspecified atom stereocenters. The first-order chi connectivity index (χ1) is 9.65.